The van der Waals surface area contributed by atoms with Crippen LogP contribution in [0.1, 0.15) is 42.4 Å². The molecule has 1 amide bonds. The number of rotatable bonds is 7. The van der Waals surface area contributed by atoms with Gasteiger partial charge in [0.05, 0.1) is 0 Å². The van der Waals surface area contributed by atoms with Crippen molar-refractivity contribution in [2.45, 2.75) is 44.2 Å². The van der Waals surface area contributed by atoms with Crippen LogP contribution >= 0.6 is 24.0 Å². The third kappa shape index (κ3) is 5.56. The van der Waals surface area contributed by atoms with E-state index in [1.165, 1.54) is 17.2 Å². The number of nitrogens with one attached hydrogen (secondary N) is 2. The minimum atomic E-state index is -0.137. The Morgan fingerprint density at radius 1 is 1.06 bits per heavy atom. The van der Waals surface area contributed by atoms with Crippen molar-refractivity contribution in [3.05, 3.63) is 71.0 Å². The summed E-state index contributed by atoms with van der Waals surface area (Å²) in [5.74, 6) is 0.744. The molecule has 0 unspecified atom stereocenters. The van der Waals surface area contributed by atoms with Crippen LogP contribution in [-0.2, 0) is 23.3 Å². The lowest BCUT2D eigenvalue weighted by atomic mass is 9.95. The minimum absolute atomic E-state index is 0. The van der Waals surface area contributed by atoms with E-state index >= 15 is 0 Å². The maximum Gasteiger partial charge on any atom is 0.223 e. The Labute approximate surface area is 200 Å². The van der Waals surface area contributed by atoms with Crippen LogP contribution in [0.2, 0.25) is 0 Å². The summed E-state index contributed by atoms with van der Waals surface area (Å²) >= 11 is 0. The third-order valence-electron chi connectivity index (χ3n) is 6.17. The van der Waals surface area contributed by atoms with Crippen molar-refractivity contribution in [1.82, 2.24) is 15.5 Å². The Kier molecular flexibility index (Phi) is 7.91. The van der Waals surface area contributed by atoms with Crippen molar-refractivity contribution in [3.63, 3.8) is 0 Å². The standard InChI is InChI=1S/C24H29FN4O.HI/c1-26-23(28-17-24(12-13-24)20-9-4-5-10-21(20)25)27-14-6-11-22(30)29-15-18-7-2-3-8-19(18)16-29;/h2-5,7-10H,6,11-17H2,1H3,(H2,26,27,28);1H. The van der Waals surface area contributed by atoms with Gasteiger partial charge in [-0.3, -0.25) is 9.79 Å². The van der Waals surface area contributed by atoms with Crippen molar-refractivity contribution in [3.8, 4) is 0 Å². The molecule has 0 atom stereocenters. The Morgan fingerprint density at radius 3 is 2.32 bits per heavy atom. The summed E-state index contributed by atoms with van der Waals surface area (Å²) in [6, 6.07) is 15.2. The molecule has 1 saturated carbocycles. The van der Waals surface area contributed by atoms with Gasteiger partial charge >= 0.3 is 0 Å². The molecule has 2 aromatic rings. The fourth-order valence-electron chi connectivity index (χ4n) is 4.17. The molecular formula is C24H30FIN4O. The van der Waals surface area contributed by atoms with E-state index in [9.17, 15) is 9.18 Å². The van der Waals surface area contributed by atoms with Crippen molar-refractivity contribution in [2.75, 3.05) is 20.1 Å². The molecule has 2 N–H and O–H groups in total. The van der Waals surface area contributed by atoms with E-state index in [-0.39, 0.29) is 41.1 Å². The average molecular weight is 536 g/mol. The number of hydrogen-bond donors (Lipinski definition) is 2. The fourth-order valence-corrected chi connectivity index (χ4v) is 4.17. The molecule has 166 valence electrons. The van der Waals surface area contributed by atoms with E-state index in [1.807, 2.05) is 29.2 Å². The molecule has 0 aromatic heterocycles. The molecule has 1 heterocycles. The van der Waals surface area contributed by atoms with Crippen molar-refractivity contribution >= 4 is 35.8 Å². The maximum absolute atomic E-state index is 14.2. The SMILES string of the molecule is CN=C(NCCCC(=O)N1Cc2ccccc2C1)NCC1(c2ccccc2F)CC1.I. The lowest BCUT2D eigenvalue weighted by Gasteiger charge is -2.20. The van der Waals surface area contributed by atoms with Gasteiger partial charge < -0.3 is 15.5 Å². The molecular weight excluding hydrogens is 506 g/mol. The number of carbonyl (C=O) groups excluding carboxylic acids is 1. The number of fused-ring (bicyclic) bond motifs is 1. The summed E-state index contributed by atoms with van der Waals surface area (Å²) in [6.45, 7) is 2.74. The predicted octanol–water partition coefficient (Wildman–Crippen LogP) is 3.96. The van der Waals surface area contributed by atoms with Crippen LogP contribution in [0.4, 0.5) is 4.39 Å². The number of aliphatic imine (C=N–C) groups is 1. The first kappa shape index (κ1) is 23.5. The van der Waals surface area contributed by atoms with E-state index in [0.717, 1.165) is 24.8 Å². The summed E-state index contributed by atoms with van der Waals surface area (Å²) in [5, 5.41) is 6.60. The topological polar surface area (TPSA) is 56.7 Å². The Balaban J connectivity index is 0.00000272. The van der Waals surface area contributed by atoms with Crippen LogP contribution in [0.15, 0.2) is 53.5 Å². The van der Waals surface area contributed by atoms with E-state index in [2.05, 4.69) is 27.8 Å². The molecule has 1 aliphatic carbocycles. The number of guanidine groups is 1. The minimum Gasteiger partial charge on any atom is -0.356 e. The van der Waals surface area contributed by atoms with E-state index < -0.39 is 0 Å². The van der Waals surface area contributed by atoms with Crippen molar-refractivity contribution < 1.29 is 9.18 Å². The van der Waals surface area contributed by atoms with Crippen LogP contribution in [0.5, 0.6) is 0 Å². The first-order chi connectivity index (χ1) is 14.6. The van der Waals surface area contributed by atoms with Gasteiger partial charge in [0, 0.05) is 45.1 Å². The van der Waals surface area contributed by atoms with Crippen molar-refractivity contribution in [1.29, 1.82) is 0 Å². The first-order valence-electron chi connectivity index (χ1n) is 10.7. The molecule has 5 nitrogen and oxygen atoms in total. The lowest BCUT2D eigenvalue weighted by Crippen LogP contribution is -2.42. The summed E-state index contributed by atoms with van der Waals surface area (Å²) in [6.07, 6.45) is 3.21. The van der Waals surface area contributed by atoms with Gasteiger partial charge in [0.1, 0.15) is 5.82 Å². The number of hydrogen-bond acceptors (Lipinski definition) is 2. The summed E-state index contributed by atoms with van der Waals surface area (Å²) in [7, 11) is 1.73. The summed E-state index contributed by atoms with van der Waals surface area (Å²) in [4.78, 5) is 18.7. The zero-order valence-corrected chi connectivity index (χ0v) is 20.2. The first-order valence-corrected chi connectivity index (χ1v) is 10.7. The normalized spacial score (nSPS) is 16.3. The molecule has 2 aliphatic rings. The monoisotopic (exact) mass is 536 g/mol. The number of amides is 1. The van der Waals surface area contributed by atoms with Crippen LogP contribution in [0, 0.1) is 5.82 Å². The number of benzene rings is 2. The molecule has 0 bridgehead atoms. The Hall–Kier alpha value is -2.16. The highest BCUT2D eigenvalue weighted by Crippen LogP contribution is 2.48. The van der Waals surface area contributed by atoms with Gasteiger partial charge in [0.25, 0.3) is 0 Å². The Bertz CT molecular complexity index is 920. The van der Waals surface area contributed by atoms with Gasteiger partial charge in [-0.1, -0.05) is 42.5 Å². The molecule has 7 heteroatoms. The second kappa shape index (κ2) is 10.4. The van der Waals surface area contributed by atoms with Gasteiger partial charge in [0.15, 0.2) is 5.96 Å². The molecule has 0 spiro atoms. The highest BCUT2D eigenvalue weighted by atomic mass is 127. The van der Waals surface area contributed by atoms with Gasteiger partial charge in [-0.15, -0.1) is 24.0 Å². The quantitative estimate of drug-likeness (QED) is 0.244. The van der Waals surface area contributed by atoms with E-state index in [0.29, 0.717) is 38.6 Å². The van der Waals surface area contributed by atoms with Crippen LogP contribution in [0.25, 0.3) is 0 Å². The van der Waals surface area contributed by atoms with Gasteiger partial charge in [0.2, 0.25) is 5.91 Å². The second-order valence-electron chi connectivity index (χ2n) is 8.23. The third-order valence-corrected chi connectivity index (χ3v) is 6.17. The summed E-state index contributed by atoms with van der Waals surface area (Å²) in [5.41, 5.74) is 3.14. The lowest BCUT2D eigenvalue weighted by molar-refractivity contribution is -0.131. The van der Waals surface area contributed by atoms with Crippen LogP contribution in [0.3, 0.4) is 0 Å². The van der Waals surface area contributed by atoms with Gasteiger partial charge in [-0.2, -0.15) is 0 Å². The number of halogens is 2. The molecule has 1 fully saturated rings. The fraction of sp³-hybridized carbons (Fsp3) is 0.417. The summed E-state index contributed by atoms with van der Waals surface area (Å²) < 4.78 is 14.2. The van der Waals surface area contributed by atoms with E-state index in [4.69, 9.17) is 0 Å². The number of nitrogens with zero attached hydrogens (tertiary/aromatic N) is 2. The molecule has 4 rings (SSSR count). The zero-order chi connectivity index (χ0) is 21.0. The smallest absolute Gasteiger partial charge is 0.223 e. The van der Waals surface area contributed by atoms with Crippen LogP contribution in [-0.4, -0.2) is 36.9 Å². The predicted molar refractivity (Wildman–Crippen MR) is 132 cm³/mol. The largest absolute Gasteiger partial charge is 0.356 e. The highest BCUT2D eigenvalue weighted by molar-refractivity contribution is 14.0. The van der Waals surface area contributed by atoms with Gasteiger partial charge in [-0.05, 0) is 42.0 Å². The molecule has 0 saturated heterocycles. The van der Waals surface area contributed by atoms with Crippen LogP contribution < -0.4 is 10.6 Å². The highest BCUT2D eigenvalue weighted by Gasteiger charge is 2.45. The van der Waals surface area contributed by atoms with Crippen molar-refractivity contribution in [2.24, 2.45) is 4.99 Å². The number of carbonyl (C=O) groups is 1. The zero-order valence-electron chi connectivity index (χ0n) is 17.9. The molecule has 1 aliphatic heterocycles. The Morgan fingerprint density at radius 2 is 1.71 bits per heavy atom. The van der Waals surface area contributed by atoms with E-state index in [1.54, 1.807) is 13.1 Å². The molecule has 2 aromatic carbocycles. The second-order valence-corrected chi connectivity index (χ2v) is 8.23. The average Bonchev–Trinajstić information content (AvgIpc) is 3.42. The van der Waals surface area contributed by atoms with Gasteiger partial charge in [-0.25, -0.2) is 4.39 Å². The maximum atomic E-state index is 14.2. The molecule has 0 radical (unpaired) electrons. The molecule has 31 heavy (non-hydrogen) atoms.